The van der Waals surface area contributed by atoms with Gasteiger partial charge in [0, 0.05) is 6.54 Å². The number of hydrogen-bond donors (Lipinski definition) is 0. The molecule has 2 aromatic carbocycles. The molecule has 2 aromatic rings. The van der Waals surface area contributed by atoms with E-state index in [1.807, 2.05) is 49.4 Å². The molecule has 1 aliphatic rings. The Morgan fingerprint density at radius 3 is 2.62 bits per heavy atom. The monoisotopic (exact) mass is 351 g/mol. The average molecular weight is 351 g/mol. The number of nitrogens with zero attached hydrogens (tertiary/aromatic N) is 1. The molecule has 3 rings (SSSR count). The van der Waals surface area contributed by atoms with Gasteiger partial charge in [-0.25, -0.2) is 0 Å². The molecule has 0 bridgehead atoms. The van der Waals surface area contributed by atoms with E-state index < -0.39 is 0 Å². The van der Waals surface area contributed by atoms with E-state index in [0.29, 0.717) is 26.4 Å². The molecule has 0 spiro atoms. The summed E-state index contributed by atoms with van der Waals surface area (Å²) in [4.78, 5) is 2.25. The van der Waals surface area contributed by atoms with Gasteiger partial charge in [0.2, 0.25) is 0 Å². The lowest BCUT2D eigenvalue weighted by Gasteiger charge is -2.39. The fourth-order valence-electron chi connectivity index (χ4n) is 3.22. The molecular weight excluding hydrogens is 326 g/mol. The fourth-order valence-corrected chi connectivity index (χ4v) is 3.22. The number of rotatable bonds is 7. The average Bonchev–Trinajstić information content (AvgIpc) is 2.69. The lowest BCUT2D eigenvalue weighted by molar-refractivity contribution is -0.0469. The summed E-state index contributed by atoms with van der Waals surface area (Å²) in [5, 5.41) is 0. The molecule has 1 heterocycles. The van der Waals surface area contributed by atoms with Gasteiger partial charge < -0.3 is 14.2 Å². The van der Waals surface area contributed by atoms with E-state index in [9.17, 15) is 0 Å². The number of hydrogen-bond acceptors (Lipinski definition) is 4. The van der Waals surface area contributed by atoms with Crippen molar-refractivity contribution in [1.82, 2.24) is 4.90 Å². The number of ether oxygens (including phenoxy) is 3. The van der Waals surface area contributed by atoms with Crippen molar-refractivity contribution < 1.29 is 14.2 Å². The lowest BCUT2D eigenvalue weighted by Crippen LogP contribution is -2.50. The van der Waals surface area contributed by atoms with E-state index in [0.717, 1.165) is 23.6 Å². The molecule has 0 radical (unpaired) electrons. The van der Waals surface area contributed by atoms with Crippen LogP contribution in [0.2, 0.25) is 0 Å². The Morgan fingerprint density at radius 2 is 1.88 bits per heavy atom. The number of benzene rings is 2. The van der Waals surface area contributed by atoms with Crippen LogP contribution in [0.1, 0.15) is 18.6 Å². The molecule has 2 unspecified atom stereocenters. The second-order valence-corrected chi connectivity index (χ2v) is 6.15. The molecule has 4 nitrogen and oxygen atoms in total. The van der Waals surface area contributed by atoms with E-state index in [4.69, 9.17) is 20.6 Å². The molecule has 0 saturated carbocycles. The Kier molecular flexibility index (Phi) is 6.54. The molecule has 136 valence electrons. The number of para-hydroxylation sites is 2. The van der Waals surface area contributed by atoms with Crippen LogP contribution in [0.4, 0.5) is 0 Å². The van der Waals surface area contributed by atoms with E-state index in [2.05, 4.69) is 23.0 Å². The molecule has 0 aromatic heterocycles. The highest BCUT2D eigenvalue weighted by Gasteiger charge is 2.33. The van der Waals surface area contributed by atoms with Crippen molar-refractivity contribution in [3.8, 4) is 23.8 Å². The first-order valence-electron chi connectivity index (χ1n) is 9.02. The lowest BCUT2D eigenvalue weighted by atomic mass is 10.00. The Hall–Kier alpha value is -2.48. The van der Waals surface area contributed by atoms with Crippen molar-refractivity contribution in [2.24, 2.45) is 0 Å². The van der Waals surface area contributed by atoms with Gasteiger partial charge >= 0.3 is 0 Å². The zero-order valence-electron chi connectivity index (χ0n) is 15.1. The Bertz CT molecular complexity index is 726. The molecule has 1 fully saturated rings. The van der Waals surface area contributed by atoms with Crippen LogP contribution in [-0.2, 0) is 4.74 Å². The molecule has 1 saturated heterocycles. The first kappa shape index (κ1) is 18.3. The third-order valence-electron chi connectivity index (χ3n) is 4.46. The first-order chi connectivity index (χ1) is 12.8. The summed E-state index contributed by atoms with van der Waals surface area (Å²) in [6.45, 7) is 5.21. The van der Waals surface area contributed by atoms with Crippen LogP contribution in [-0.4, -0.2) is 43.9 Å². The highest BCUT2D eigenvalue weighted by atomic mass is 16.5. The van der Waals surface area contributed by atoms with Crippen molar-refractivity contribution >= 4 is 0 Å². The summed E-state index contributed by atoms with van der Waals surface area (Å²) in [6.07, 6.45) is 5.38. The van der Waals surface area contributed by atoms with E-state index >= 15 is 0 Å². The zero-order chi connectivity index (χ0) is 18.2. The minimum Gasteiger partial charge on any atom is -0.490 e. The largest absolute Gasteiger partial charge is 0.490 e. The predicted octanol–water partition coefficient (Wildman–Crippen LogP) is 3.54. The van der Waals surface area contributed by atoms with Crippen molar-refractivity contribution in [3.63, 3.8) is 0 Å². The second-order valence-electron chi connectivity index (χ2n) is 6.15. The van der Waals surface area contributed by atoms with E-state index in [-0.39, 0.29) is 12.1 Å². The number of morpholine rings is 1. The minimum atomic E-state index is -0.202. The zero-order valence-corrected chi connectivity index (χ0v) is 15.1. The van der Waals surface area contributed by atoms with E-state index in [1.165, 1.54) is 0 Å². The third-order valence-corrected chi connectivity index (χ3v) is 4.46. The topological polar surface area (TPSA) is 30.9 Å². The Morgan fingerprint density at radius 1 is 1.15 bits per heavy atom. The first-order valence-corrected chi connectivity index (χ1v) is 9.02. The van der Waals surface area contributed by atoms with Crippen LogP contribution in [0.5, 0.6) is 11.5 Å². The molecular formula is C22H25NO3. The van der Waals surface area contributed by atoms with Gasteiger partial charge in [0.15, 0.2) is 11.5 Å². The third kappa shape index (κ3) is 4.37. The maximum Gasteiger partial charge on any atom is 0.162 e. The van der Waals surface area contributed by atoms with Gasteiger partial charge in [-0.3, -0.25) is 4.90 Å². The van der Waals surface area contributed by atoms with Crippen molar-refractivity contribution in [2.75, 3.05) is 32.9 Å². The minimum absolute atomic E-state index is 0.0388. The van der Waals surface area contributed by atoms with Crippen molar-refractivity contribution in [2.45, 2.75) is 19.1 Å². The Balaban J connectivity index is 1.93. The van der Waals surface area contributed by atoms with Crippen LogP contribution < -0.4 is 9.47 Å². The smallest absolute Gasteiger partial charge is 0.162 e. The van der Waals surface area contributed by atoms with Gasteiger partial charge in [0.05, 0.1) is 32.4 Å². The van der Waals surface area contributed by atoms with Crippen LogP contribution in [0.25, 0.3) is 0 Å². The van der Waals surface area contributed by atoms with Gasteiger partial charge in [0.1, 0.15) is 6.10 Å². The van der Waals surface area contributed by atoms with Gasteiger partial charge in [-0.05, 0) is 24.6 Å². The van der Waals surface area contributed by atoms with E-state index in [1.54, 1.807) is 0 Å². The predicted molar refractivity (Wildman–Crippen MR) is 102 cm³/mol. The fraction of sp³-hybridized carbons (Fsp3) is 0.364. The van der Waals surface area contributed by atoms with Crippen LogP contribution >= 0.6 is 0 Å². The van der Waals surface area contributed by atoms with Gasteiger partial charge in [-0.2, -0.15) is 0 Å². The van der Waals surface area contributed by atoms with Crippen molar-refractivity contribution in [1.29, 1.82) is 0 Å². The highest BCUT2D eigenvalue weighted by Crippen LogP contribution is 2.34. The van der Waals surface area contributed by atoms with Gasteiger partial charge in [0.25, 0.3) is 0 Å². The van der Waals surface area contributed by atoms with Crippen LogP contribution in [0.15, 0.2) is 54.6 Å². The SMILES string of the molecule is C#CCN1CCOCC1C(Oc1ccccc1OCC)c1ccccc1. The second kappa shape index (κ2) is 9.28. The standard InChI is InChI=1S/C22H25NO3/c1-3-14-23-15-16-24-17-19(23)22(18-10-6-5-7-11-18)26-21-13-9-8-12-20(21)25-4-2/h1,5-13,19,22H,4,14-17H2,2H3. The summed E-state index contributed by atoms with van der Waals surface area (Å²) in [5.74, 6) is 4.24. The summed E-state index contributed by atoms with van der Waals surface area (Å²) >= 11 is 0. The summed E-state index contributed by atoms with van der Waals surface area (Å²) in [7, 11) is 0. The summed E-state index contributed by atoms with van der Waals surface area (Å²) in [6, 6.07) is 18.0. The molecule has 2 atom stereocenters. The summed E-state index contributed by atoms with van der Waals surface area (Å²) < 4.78 is 18.0. The van der Waals surface area contributed by atoms with Crippen LogP contribution in [0, 0.1) is 12.3 Å². The molecule has 0 amide bonds. The normalized spacial score (nSPS) is 18.7. The van der Waals surface area contributed by atoms with Crippen LogP contribution in [0.3, 0.4) is 0 Å². The van der Waals surface area contributed by atoms with Crippen molar-refractivity contribution in [3.05, 3.63) is 60.2 Å². The summed E-state index contributed by atoms with van der Waals surface area (Å²) in [5.41, 5.74) is 1.09. The number of terminal acetylenes is 1. The Labute approximate surface area is 155 Å². The maximum atomic E-state index is 6.49. The molecule has 26 heavy (non-hydrogen) atoms. The molecule has 0 aliphatic carbocycles. The quantitative estimate of drug-likeness (QED) is 0.714. The molecule has 4 heteroatoms. The molecule has 1 aliphatic heterocycles. The maximum absolute atomic E-state index is 6.49. The highest BCUT2D eigenvalue weighted by molar-refractivity contribution is 5.40. The van der Waals surface area contributed by atoms with Gasteiger partial charge in [-0.15, -0.1) is 6.42 Å². The molecule has 0 N–H and O–H groups in total. The van der Waals surface area contributed by atoms with Gasteiger partial charge in [-0.1, -0.05) is 48.4 Å².